The van der Waals surface area contributed by atoms with Crippen LogP contribution < -0.4 is 16.0 Å². The van der Waals surface area contributed by atoms with E-state index in [0.29, 0.717) is 33.5 Å². The molecule has 1 amide bonds. The Morgan fingerprint density at radius 3 is 2.50 bits per heavy atom. The number of nitrogens with one attached hydrogen (secondary N) is 3. The molecule has 0 saturated carbocycles. The van der Waals surface area contributed by atoms with Gasteiger partial charge in [-0.15, -0.1) is 11.3 Å². The lowest BCUT2D eigenvalue weighted by Gasteiger charge is -2.12. The highest BCUT2D eigenvalue weighted by molar-refractivity contribution is 7.80. The highest BCUT2D eigenvalue weighted by Gasteiger charge is 2.22. The smallest absolute Gasteiger partial charge is 0.341 e. The van der Waals surface area contributed by atoms with Crippen molar-refractivity contribution in [1.29, 1.82) is 0 Å². The first-order chi connectivity index (χ1) is 15.4. The molecule has 6 nitrogen and oxygen atoms in total. The van der Waals surface area contributed by atoms with Gasteiger partial charge in [0.25, 0.3) is 5.91 Å². The standard InChI is InChI=1S/C24H25N3O3S2/c1-4-19-15(2)32-22(20(19)23(29)30-3)27-24(31)26-18-12-8-11-17(13-18)21(28)25-14-16-9-6-5-7-10-16/h5-13H,4,14H2,1-3H3,(H,25,28)(H2,26,27,31). The minimum absolute atomic E-state index is 0.175. The summed E-state index contributed by atoms with van der Waals surface area (Å²) in [5.41, 5.74) is 3.67. The zero-order valence-electron chi connectivity index (χ0n) is 18.2. The molecule has 0 bridgehead atoms. The number of thiophene rings is 1. The van der Waals surface area contributed by atoms with Crippen molar-refractivity contribution in [3.05, 3.63) is 81.7 Å². The average Bonchev–Trinajstić information content (AvgIpc) is 3.12. The van der Waals surface area contributed by atoms with E-state index in [4.69, 9.17) is 17.0 Å². The number of aryl methyl sites for hydroxylation is 1. The van der Waals surface area contributed by atoms with Crippen LogP contribution in [0.3, 0.4) is 0 Å². The molecule has 1 heterocycles. The number of thiocarbonyl (C=S) groups is 1. The predicted octanol–water partition coefficient (Wildman–Crippen LogP) is 5.14. The van der Waals surface area contributed by atoms with Crippen molar-refractivity contribution >= 4 is 51.2 Å². The molecule has 0 radical (unpaired) electrons. The third kappa shape index (κ3) is 5.72. The van der Waals surface area contributed by atoms with Crippen LogP contribution in [-0.4, -0.2) is 24.1 Å². The Bertz CT molecular complexity index is 1130. The van der Waals surface area contributed by atoms with Gasteiger partial charge in [-0.2, -0.15) is 0 Å². The molecular formula is C24H25N3O3S2. The lowest BCUT2D eigenvalue weighted by molar-refractivity contribution is 0.0601. The molecule has 3 N–H and O–H groups in total. The molecule has 0 spiro atoms. The van der Waals surface area contributed by atoms with Crippen LogP contribution in [0.4, 0.5) is 10.7 Å². The quantitative estimate of drug-likeness (QED) is 0.330. The van der Waals surface area contributed by atoms with E-state index in [9.17, 15) is 9.59 Å². The Labute approximate surface area is 197 Å². The number of carbonyl (C=O) groups excluding carboxylic acids is 2. The van der Waals surface area contributed by atoms with Crippen molar-refractivity contribution in [2.75, 3.05) is 17.7 Å². The molecule has 32 heavy (non-hydrogen) atoms. The van der Waals surface area contributed by atoms with Crippen molar-refractivity contribution in [2.45, 2.75) is 26.8 Å². The minimum Gasteiger partial charge on any atom is -0.465 e. The first-order valence-corrected chi connectivity index (χ1v) is 11.4. The van der Waals surface area contributed by atoms with E-state index in [2.05, 4.69) is 16.0 Å². The van der Waals surface area contributed by atoms with Crippen LogP contribution in [0.25, 0.3) is 0 Å². The molecule has 0 aliphatic carbocycles. The first-order valence-electron chi connectivity index (χ1n) is 10.1. The zero-order chi connectivity index (χ0) is 23.1. The number of esters is 1. The van der Waals surface area contributed by atoms with Gasteiger partial charge in [-0.05, 0) is 54.9 Å². The van der Waals surface area contributed by atoms with E-state index in [1.807, 2.05) is 50.2 Å². The minimum atomic E-state index is -0.395. The van der Waals surface area contributed by atoms with Gasteiger partial charge in [-0.3, -0.25) is 4.79 Å². The van der Waals surface area contributed by atoms with Gasteiger partial charge in [0.1, 0.15) is 5.00 Å². The number of carbonyl (C=O) groups is 2. The largest absolute Gasteiger partial charge is 0.465 e. The molecule has 0 aliphatic heterocycles. The fraction of sp³-hybridized carbons (Fsp3) is 0.208. The molecular weight excluding hydrogens is 442 g/mol. The lowest BCUT2D eigenvalue weighted by Crippen LogP contribution is -2.23. The SMILES string of the molecule is CCc1c(C)sc(NC(=S)Nc2cccc(C(=O)NCc3ccccc3)c2)c1C(=O)OC. The third-order valence-corrected chi connectivity index (χ3v) is 6.12. The number of hydrogen-bond acceptors (Lipinski definition) is 5. The lowest BCUT2D eigenvalue weighted by atomic mass is 10.1. The number of benzene rings is 2. The maximum absolute atomic E-state index is 12.5. The third-order valence-electron chi connectivity index (χ3n) is 4.86. The first kappa shape index (κ1) is 23.4. The van der Waals surface area contributed by atoms with E-state index in [1.165, 1.54) is 18.4 Å². The Kier molecular flexibility index (Phi) is 7.97. The Hall–Kier alpha value is -3.23. The molecule has 0 aliphatic rings. The topological polar surface area (TPSA) is 79.5 Å². The van der Waals surface area contributed by atoms with Gasteiger partial charge in [-0.25, -0.2) is 4.79 Å². The number of ether oxygens (including phenoxy) is 1. The van der Waals surface area contributed by atoms with E-state index in [0.717, 1.165) is 22.4 Å². The maximum atomic E-state index is 12.5. The average molecular weight is 468 g/mol. The normalized spacial score (nSPS) is 10.3. The van der Waals surface area contributed by atoms with Gasteiger partial charge in [0.05, 0.1) is 12.7 Å². The summed E-state index contributed by atoms with van der Waals surface area (Å²) in [6, 6.07) is 16.8. The van der Waals surface area contributed by atoms with E-state index < -0.39 is 5.97 Å². The summed E-state index contributed by atoms with van der Waals surface area (Å²) < 4.78 is 4.95. The van der Waals surface area contributed by atoms with Gasteiger partial charge in [-0.1, -0.05) is 43.3 Å². The second kappa shape index (κ2) is 10.9. The molecule has 1 aromatic heterocycles. The Balaban J connectivity index is 1.67. The van der Waals surface area contributed by atoms with Gasteiger partial charge in [0.2, 0.25) is 0 Å². The Morgan fingerprint density at radius 2 is 1.81 bits per heavy atom. The summed E-state index contributed by atoms with van der Waals surface area (Å²) in [6.07, 6.45) is 0.717. The highest BCUT2D eigenvalue weighted by Crippen LogP contribution is 2.34. The van der Waals surface area contributed by atoms with Crippen LogP contribution in [0, 0.1) is 6.92 Å². The number of hydrogen-bond donors (Lipinski definition) is 3. The van der Waals surface area contributed by atoms with Crippen LogP contribution in [-0.2, 0) is 17.7 Å². The van der Waals surface area contributed by atoms with Crippen LogP contribution in [0.15, 0.2) is 54.6 Å². The van der Waals surface area contributed by atoms with Gasteiger partial charge in [0.15, 0.2) is 5.11 Å². The van der Waals surface area contributed by atoms with E-state index in [1.54, 1.807) is 18.2 Å². The molecule has 3 aromatic rings. The van der Waals surface area contributed by atoms with Gasteiger partial charge < -0.3 is 20.7 Å². The summed E-state index contributed by atoms with van der Waals surface area (Å²) in [5.74, 6) is -0.570. The van der Waals surface area contributed by atoms with E-state index >= 15 is 0 Å². The fourth-order valence-electron chi connectivity index (χ4n) is 3.29. The number of methoxy groups -OCH3 is 1. The second-order valence-corrected chi connectivity index (χ2v) is 8.65. The summed E-state index contributed by atoms with van der Waals surface area (Å²) in [5, 5.41) is 10.1. The van der Waals surface area contributed by atoms with Crippen LogP contribution >= 0.6 is 23.6 Å². The number of amides is 1. The molecule has 0 unspecified atom stereocenters. The van der Waals surface area contributed by atoms with Gasteiger partial charge in [0, 0.05) is 22.7 Å². The number of anilines is 2. The fourth-order valence-corrected chi connectivity index (χ4v) is 4.72. The maximum Gasteiger partial charge on any atom is 0.341 e. The van der Waals surface area contributed by atoms with Gasteiger partial charge >= 0.3 is 5.97 Å². The molecule has 166 valence electrons. The van der Waals surface area contributed by atoms with Crippen LogP contribution in [0.2, 0.25) is 0 Å². The summed E-state index contributed by atoms with van der Waals surface area (Å²) in [4.78, 5) is 25.9. The summed E-state index contributed by atoms with van der Waals surface area (Å²) in [6.45, 7) is 4.41. The second-order valence-electron chi connectivity index (χ2n) is 7.01. The molecule has 2 aromatic carbocycles. The molecule has 3 rings (SSSR count). The van der Waals surface area contributed by atoms with Crippen molar-refractivity contribution in [1.82, 2.24) is 5.32 Å². The van der Waals surface area contributed by atoms with Crippen molar-refractivity contribution in [3.8, 4) is 0 Å². The zero-order valence-corrected chi connectivity index (χ0v) is 19.8. The Morgan fingerprint density at radius 1 is 1.06 bits per heavy atom. The van der Waals surface area contributed by atoms with Crippen LogP contribution in [0.5, 0.6) is 0 Å². The highest BCUT2D eigenvalue weighted by atomic mass is 32.1. The molecule has 0 saturated heterocycles. The monoisotopic (exact) mass is 467 g/mol. The van der Waals surface area contributed by atoms with Crippen molar-refractivity contribution < 1.29 is 14.3 Å². The van der Waals surface area contributed by atoms with Crippen molar-refractivity contribution in [2.24, 2.45) is 0 Å². The molecule has 8 heteroatoms. The molecule has 0 fully saturated rings. The van der Waals surface area contributed by atoms with Crippen LogP contribution in [0.1, 0.15) is 43.6 Å². The summed E-state index contributed by atoms with van der Waals surface area (Å²) in [7, 11) is 1.36. The van der Waals surface area contributed by atoms with E-state index in [-0.39, 0.29) is 5.91 Å². The predicted molar refractivity (Wildman–Crippen MR) is 134 cm³/mol. The molecule has 0 atom stereocenters. The summed E-state index contributed by atoms with van der Waals surface area (Å²) >= 11 is 6.90. The number of rotatable bonds is 7. The van der Waals surface area contributed by atoms with Crippen molar-refractivity contribution in [3.63, 3.8) is 0 Å².